The third kappa shape index (κ3) is 4.08. The van der Waals surface area contributed by atoms with Crippen molar-refractivity contribution in [3.63, 3.8) is 0 Å². The Bertz CT molecular complexity index is 819. The second-order valence-electron chi connectivity index (χ2n) is 5.99. The van der Waals surface area contributed by atoms with Crippen LogP contribution in [0.4, 0.5) is 4.39 Å². The molecule has 134 valence electrons. The summed E-state index contributed by atoms with van der Waals surface area (Å²) in [5.41, 5.74) is 0.907. The number of nitrogens with zero attached hydrogens (tertiary/aromatic N) is 2. The van der Waals surface area contributed by atoms with E-state index < -0.39 is 15.8 Å². The van der Waals surface area contributed by atoms with Gasteiger partial charge in [-0.05, 0) is 42.3 Å². The van der Waals surface area contributed by atoms with Crippen LogP contribution in [0.1, 0.15) is 12.0 Å². The third-order valence-electron chi connectivity index (χ3n) is 4.28. The summed E-state index contributed by atoms with van der Waals surface area (Å²) in [7, 11) is -3.68. The number of aromatic nitrogens is 1. The molecule has 3 rings (SSSR count). The summed E-state index contributed by atoms with van der Waals surface area (Å²) in [4.78, 5) is 17.1. The zero-order valence-corrected chi connectivity index (χ0v) is 14.5. The number of hydrogen-bond acceptors (Lipinski definition) is 3. The van der Waals surface area contributed by atoms with Gasteiger partial charge in [-0.3, -0.25) is 4.79 Å². The van der Waals surface area contributed by atoms with E-state index in [9.17, 15) is 17.6 Å². The number of benzene rings is 1. The fourth-order valence-electron chi connectivity index (χ4n) is 2.89. The number of carbonyl (C=O) groups is 1. The highest BCUT2D eigenvalue weighted by Gasteiger charge is 2.28. The SMILES string of the molecule is O=C(Cc1cc[nH]c1)N1CCCN(S(=O)(=O)c2ccc(F)cc2)CC1. The summed E-state index contributed by atoms with van der Waals surface area (Å²) in [6.45, 7) is 1.45. The van der Waals surface area contributed by atoms with Crippen molar-refractivity contribution < 1.29 is 17.6 Å². The molecule has 0 spiro atoms. The van der Waals surface area contributed by atoms with Gasteiger partial charge in [0.25, 0.3) is 0 Å². The average molecular weight is 365 g/mol. The first-order valence-electron chi connectivity index (χ1n) is 8.12. The summed E-state index contributed by atoms with van der Waals surface area (Å²) >= 11 is 0. The molecule has 1 aromatic carbocycles. The molecule has 1 amide bonds. The average Bonchev–Trinajstić information content (AvgIpc) is 2.95. The summed E-state index contributed by atoms with van der Waals surface area (Å²) in [6, 6.07) is 6.66. The highest BCUT2D eigenvalue weighted by atomic mass is 32.2. The minimum atomic E-state index is -3.68. The smallest absolute Gasteiger partial charge is 0.243 e. The lowest BCUT2D eigenvalue weighted by Gasteiger charge is -2.22. The number of amides is 1. The van der Waals surface area contributed by atoms with E-state index in [4.69, 9.17) is 0 Å². The minimum Gasteiger partial charge on any atom is -0.367 e. The minimum absolute atomic E-state index is 0.0133. The van der Waals surface area contributed by atoms with Gasteiger partial charge in [0.1, 0.15) is 5.82 Å². The van der Waals surface area contributed by atoms with Crippen LogP contribution in [-0.2, 0) is 21.2 Å². The van der Waals surface area contributed by atoms with Crippen LogP contribution in [0.15, 0.2) is 47.6 Å². The topological polar surface area (TPSA) is 73.5 Å². The van der Waals surface area contributed by atoms with E-state index in [1.165, 1.54) is 16.4 Å². The summed E-state index contributed by atoms with van der Waals surface area (Å²) in [5.74, 6) is -0.489. The van der Waals surface area contributed by atoms with E-state index in [0.29, 0.717) is 32.5 Å². The van der Waals surface area contributed by atoms with Crippen molar-refractivity contribution in [1.29, 1.82) is 0 Å². The monoisotopic (exact) mass is 365 g/mol. The Kier molecular flexibility index (Phi) is 5.19. The molecule has 0 unspecified atom stereocenters. The van der Waals surface area contributed by atoms with Crippen LogP contribution >= 0.6 is 0 Å². The molecule has 1 aliphatic rings. The second-order valence-corrected chi connectivity index (χ2v) is 7.93. The normalized spacial score (nSPS) is 16.6. The first-order valence-corrected chi connectivity index (χ1v) is 9.56. The zero-order chi connectivity index (χ0) is 17.9. The van der Waals surface area contributed by atoms with Gasteiger partial charge >= 0.3 is 0 Å². The van der Waals surface area contributed by atoms with E-state index >= 15 is 0 Å². The highest BCUT2D eigenvalue weighted by molar-refractivity contribution is 7.89. The van der Waals surface area contributed by atoms with Gasteiger partial charge in [0, 0.05) is 38.6 Å². The summed E-state index contributed by atoms with van der Waals surface area (Å²) < 4.78 is 39.7. The molecule has 6 nitrogen and oxygen atoms in total. The van der Waals surface area contributed by atoms with Gasteiger partial charge < -0.3 is 9.88 Å². The summed E-state index contributed by atoms with van der Waals surface area (Å²) in [5, 5.41) is 0. The predicted octanol–water partition coefficient (Wildman–Crippen LogP) is 1.62. The van der Waals surface area contributed by atoms with Crippen molar-refractivity contribution >= 4 is 15.9 Å². The van der Waals surface area contributed by atoms with Crippen LogP contribution in [0.25, 0.3) is 0 Å². The Hall–Kier alpha value is -2.19. The van der Waals surface area contributed by atoms with Crippen molar-refractivity contribution in [3.05, 3.63) is 54.1 Å². The Balaban J connectivity index is 1.66. The van der Waals surface area contributed by atoms with Crippen LogP contribution in [0.3, 0.4) is 0 Å². The number of nitrogens with one attached hydrogen (secondary N) is 1. The molecule has 1 saturated heterocycles. The predicted molar refractivity (Wildman–Crippen MR) is 90.9 cm³/mol. The lowest BCUT2D eigenvalue weighted by molar-refractivity contribution is -0.130. The van der Waals surface area contributed by atoms with Crippen molar-refractivity contribution in [3.8, 4) is 0 Å². The number of sulfonamides is 1. The molecule has 25 heavy (non-hydrogen) atoms. The molecule has 2 heterocycles. The van der Waals surface area contributed by atoms with Crippen LogP contribution < -0.4 is 0 Å². The summed E-state index contributed by atoms with van der Waals surface area (Å²) in [6.07, 6.45) is 4.41. The molecule has 0 radical (unpaired) electrons. The van der Waals surface area contributed by atoms with E-state index in [1.807, 2.05) is 6.07 Å². The largest absolute Gasteiger partial charge is 0.367 e. The Labute approximate surface area is 146 Å². The standard InChI is InChI=1S/C17H20FN3O3S/c18-15-2-4-16(5-3-15)25(23,24)21-9-1-8-20(10-11-21)17(22)12-14-6-7-19-13-14/h2-7,13,19H,1,8-12H2. The van der Waals surface area contributed by atoms with Gasteiger partial charge in [-0.25, -0.2) is 12.8 Å². The van der Waals surface area contributed by atoms with Gasteiger partial charge in [0.05, 0.1) is 11.3 Å². The molecule has 1 aromatic heterocycles. The maximum atomic E-state index is 13.0. The molecule has 0 atom stereocenters. The van der Waals surface area contributed by atoms with Crippen molar-refractivity contribution in [2.24, 2.45) is 0 Å². The lowest BCUT2D eigenvalue weighted by Crippen LogP contribution is -2.37. The molecule has 0 aliphatic carbocycles. The van der Waals surface area contributed by atoms with Gasteiger partial charge in [-0.15, -0.1) is 0 Å². The van der Waals surface area contributed by atoms with Crippen LogP contribution in [0.5, 0.6) is 0 Å². The van der Waals surface area contributed by atoms with Gasteiger partial charge in [-0.2, -0.15) is 4.31 Å². The quantitative estimate of drug-likeness (QED) is 0.895. The van der Waals surface area contributed by atoms with E-state index in [0.717, 1.165) is 17.7 Å². The first kappa shape index (κ1) is 17.6. The fraction of sp³-hybridized carbons (Fsp3) is 0.353. The molecule has 1 fully saturated rings. The van der Waals surface area contributed by atoms with Crippen molar-refractivity contribution in [2.75, 3.05) is 26.2 Å². The van der Waals surface area contributed by atoms with Crippen LogP contribution in [-0.4, -0.2) is 54.7 Å². The molecular weight excluding hydrogens is 345 g/mol. The molecule has 2 aromatic rings. The Morgan fingerprint density at radius 1 is 1.08 bits per heavy atom. The van der Waals surface area contributed by atoms with Crippen molar-refractivity contribution in [1.82, 2.24) is 14.2 Å². The Morgan fingerprint density at radius 3 is 2.52 bits per heavy atom. The first-order chi connectivity index (χ1) is 12.0. The maximum absolute atomic E-state index is 13.0. The fourth-order valence-corrected chi connectivity index (χ4v) is 4.36. The second kappa shape index (κ2) is 7.37. The number of carbonyl (C=O) groups excluding carboxylic acids is 1. The molecule has 1 aliphatic heterocycles. The van der Waals surface area contributed by atoms with Crippen LogP contribution in [0, 0.1) is 5.82 Å². The zero-order valence-electron chi connectivity index (χ0n) is 13.7. The van der Waals surface area contributed by atoms with Gasteiger partial charge in [0.2, 0.25) is 15.9 Å². The highest BCUT2D eigenvalue weighted by Crippen LogP contribution is 2.18. The van der Waals surface area contributed by atoms with E-state index in [-0.39, 0.29) is 17.3 Å². The van der Waals surface area contributed by atoms with E-state index in [1.54, 1.807) is 17.3 Å². The molecule has 0 bridgehead atoms. The lowest BCUT2D eigenvalue weighted by atomic mass is 10.2. The van der Waals surface area contributed by atoms with Gasteiger partial charge in [0.15, 0.2) is 0 Å². The number of H-pyrrole nitrogens is 1. The molecule has 0 saturated carbocycles. The van der Waals surface area contributed by atoms with E-state index in [2.05, 4.69) is 4.98 Å². The molecule has 1 N–H and O–H groups in total. The molecule has 8 heteroatoms. The number of hydrogen-bond donors (Lipinski definition) is 1. The number of aromatic amines is 1. The Morgan fingerprint density at radius 2 is 1.84 bits per heavy atom. The number of halogens is 1. The third-order valence-corrected chi connectivity index (χ3v) is 6.19. The molecular formula is C17H20FN3O3S. The maximum Gasteiger partial charge on any atom is 0.243 e. The number of rotatable bonds is 4. The van der Waals surface area contributed by atoms with Gasteiger partial charge in [-0.1, -0.05) is 0 Å². The van der Waals surface area contributed by atoms with Crippen molar-refractivity contribution in [2.45, 2.75) is 17.7 Å². The van der Waals surface area contributed by atoms with Crippen LogP contribution in [0.2, 0.25) is 0 Å².